The summed E-state index contributed by atoms with van der Waals surface area (Å²) >= 11 is 1.04. The Balaban J connectivity index is 1.36. The third-order valence-electron chi connectivity index (χ3n) is 6.65. The average molecular weight is 637 g/mol. The maximum absolute atomic E-state index is 13.9. The molecule has 230 valence electrons. The number of aromatic nitrogens is 4. The van der Waals surface area contributed by atoms with E-state index >= 15 is 0 Å². The fraction of sp³-hybridized carbons (Fsp3) is 0.0625. The Bertz CT molecular complexity index is 1990. The van der Waals surface area contributed by atoms with Crippen LogP contribution in [0.2, 0.25) is 0 Å². The summed E-state index contributed by atoms with van der Waals surface area (Å²) < 4.78 is 6.00. The Morgan fingerprint density at radius 3 is 2.17 bits per heavy atom. The molecule has 2 aromatic heterocycles. The van der Waals surface area contributed by atoms with E-state index in [-0.39, 0.29) is 16.4 Å². The number of nitrogens with two attached hydrogens (primary N) is 1. The van der Waals surface area contributed by atoms with Crippen molar-refractivity contribution < 1.29 is 34.2 Å². The van der Waals surface area contributed by atoms with Gasteiger partial charge in [-0.1, -0.05) is 88.9 Å². The summed E-state index contributed by atoms with van der Waals surface area (Å²) in [5.74, 6) is -2.91. The molecule has 4 N–H and O–H groups in total. The van der Waals surface area contributed by atoms with Gasteiger partial charge in [0.25, 0.3) is 0 Å². The van der Waals surface area contributed by atoms with Crippen LogP contribution < -0.4 is 10.6 Å². The number of oxime groups is 1. The number of carbonyl (C=O) groups is 2. The lowest BCUT2D eigenvalue weighted by atomic mass is 10.0. The third kappa shape index (κ3) is 6.46. The zero-order valence-corrected chi connectivity index (χ0v) is 24.5. The van der Waals surface area contributed by atoms with Crippen LogP contribution in [0.1, 0.15) is 34.6 Å². The maximum Gasteiger partial charge on any atom is 0.389 e. The van der Waals surface area contributed by atoms with Gasteiger partial charge in [0.05, 0.1) is 0 Å². The van der Waals surface area contributed by atoms with E-state index in [4.69, 9.17) is 20.1 Å². The van der Waals surface area contributed by atoms with Gasteiger partial charge in [0.2, 0.25) is 11.8 Å². The number of carbonyl (C=O) groups excluding carboxylic acids is 2. The van der Waals surface area contributed by atoms with Crippen LogP contribution in [-0.4, -0.2) is 48.0 Å². The fourth-order valence-electron chi connectivity index (χ4n) is 4.43. The molecule has 0 spiro atoms. The predicted octanol–water partition coefficient (Wildman–Crippen LogP) is 4.33. The molecule has 4 aromatic carbocycles. The van der Waals surface area contributed by atoms with Crippen LogP contribution in [0, 0.1) is 0 Å². The molecule has 0 radical (unpaired) electrons. The number of nitrogens with zero attached hydrogens (tertiary/aromatic N) is 5. The zero-order chi connectivity index (χ0) is 32.0. The molecule has 0 amide bonds. The van der Waals surface area contributed by atoms with Gasteiger partial charge in [-0.25, -0.2) is 14.6 Å². The van der Waals surface area contributed by atoms with Gasteiger partial charge >= 0.3 is 11.9 Å². The highest BCUT2D eigenvalue weighted by molar-refractivity contribution is 7.13. The van der Waals surface area contributed by atoms with Gasteiger partial charge < -0.3 is 30.4 Å². The van der Waals surface area contributed by atoms with Crippen molar-refractivity contribution in [2.75, 3.05) is 5.73 Å². The minimum atomic E-state index is -1.63. The second-order valence-corrected chi connectivity index (χ2v) is 10.6. The van der Waals surface area contributed by atoms with Crippen molar-refractivity contribution in [3.8, 4) is 11.5 Å². The van der Waals surface area contributed by atoms with Crippen molar-refractivity contribution in [1.29, 1.82) is 0 Å². The van der Waals surface area contributed by atoms with Crippen LogP contribution in [0.25, 0.3) is 11.0 Å². The number of ether oxygens (including phenoxy) is 1. The number of phenolic OH excluding ortho intramolecular Hbond substituents is 2. The Kier molecular flexibility index (Phi) is 8.51. The van der Waals surface area contributed by atoms with Crippen molar-refractivity contribution in [1.82, 2.24) is 20.1 Å². The number of para-hydroxylation sites is 1. The number of thiazole rings is 1. The molecule has 0 aliphatic carbocycles. The highest BCUT2D eigenvalue weighted by Crippen LogP contribution is 2.33. The highest BCUT2D eigenvalue weighted by Gasteiger charge is 2.31. The number of rotatable bonds is 10. The molecule has 2 heterocycles. The SMILES string of the molecule is Nc1nc(/C(=N/OC(C(=O)OC(c2ccccc2)c2ccccc2)c2ccc(O)c(O)c2)C(=O)On2nnc3ccccc32)cs1. The van der Waals surface area contributed by atoms with E-state index in [2.05, 4.69) is 20.5 Å². The van der Waals surface area contributed by atoms with Gasteiger partial charge in [-0.3, -0.25) is 0 Å². The van der Waals surface area contributed by atoms with E-state index in [0.29, 0.717) is 22.2 Å². The van der Waals surface area contributed by atoms with Crippen LogP contribution in [0.15, 0.2) is 114 Å². The molecule has 0 saturated heterocycles. The summed E-state index contributed by atoms with van der Waals surface area (Å²) in [5.41, 5.74) is 7.69. The topological polar surface area (TPSA) is 184 Å². The van der Waals surface area contributed by atoms with Gasteiger partial charge in [-0.15, -0.1) is 16.4 Å². The number of hydrogen-bond donors (Lipinski definition) is 3. The van der Waals surface area contributed by atoms with E-state index < -0.39 is 41.4 Å². The minimum absolute atomic E-state index is 0.00374. The summed E-state index contributed by atoms with van der Waals surface area (Å²) in [6, 6.07) is 28.6. The largest absolute Gasteiger partial charge is 0.504 e. The molecule has 0 saturated carbocycles. The number of hydrogen-bond acceptors (Lipinski definition) is 13. The van der Waals surface area contributed by atoms with Crippen LogP contribution >= 0.6 is 11.3 Å². The van der Waals surface area contributed by atoms with Gasteiger partial charge in [0, 0.05) is 10.9 Å². The van der Waals surface area contributed by atoms with E-state index in [1.54, 1.807) is 48.5 Å². The first kappa shape index (κ1) is 29.8. The van der Waals surface area contributed by atoms with Gasteiger partial charge in [0.1, 0.15) is 16.7 Å². The molecule has 6 aromatic rings. The maximum atomic E-state index is 13.9. The number of anilines is 1. The second kappa shape index (κ2) is 13.2. The molecule has 0 bridgehead atoms. The lowest BCUT2D eigenvalue weighted by molar-refractivity contribution is -0.162. The summed E-state index contributed by atoms with van der Waals surface area (Å²) in [6.45, 7) is 0. The number of esters is 1. The molecule has 46 heavy (non-hydrogen) atoms. The van der Waals surface area contributed by atoms with Crippen molar-refractivity contribution in [3.05, 3.63) is 131 Å². The fourth-order valence-corrected chi connectivity index (χ4v) is 4.98. The van der Waals surface area contributed by atoms with E-state index in [0.717, 1.165) is 22.2 Å². The number of benzene rings is 4. The lowest BCUT2D eigenvalue weighted by Crippen LogP contribution is -2.30. The van der Waals surface area contributed by atoms with Crippen LogP contribution in [0.3, 0.4) is 0 Å². The summed E-state index contributed by atoms with van der Waals surface area (Å²) in [4.78, 5) is 43.5. The normalized spacial score (nSPS) is 12.2. The molecule has 1 atom stereocenters. The van der Waals surface area contributed by atoms with Gasteiger partial charge in [-0.05, 0) is 40.6 Å². The predicted molar refractivity (Wildman–Crippen MR) is 167 cm³/mol. The molecule has 13 nitrogen and oxygen atoms in total. The second-order valence-electron chi connectivity index (χ2n) is 9.71. The molecule has 0 aliphatic heterocycles. The molecule has 0 aliphatic rings. The lowest BCUT2D eigenvalue weighted by Gasteiger charge is -2.22. The molecule has 1 unspecified atom stereocenters. The van der Waals surface area contributed by atoms with Gasteiger partial charge in [-0.2, -0.15) is 0 Å². The molecular formula is C32H24N6O7S. The van der Waals surface area contributed by atoms with Crippen molar-refractivity contribution >= 4 is 45.2 Å². The Labute approximate surface area is 264 Å². The van der Waals surface area contributed by atoms with Gasteiger partial charge in [0.15, 0.2) is 22.7 Å². The number of nitrogen functional groups attached to an aromatic ring is 1. The molecule has 6 rings (SSSR count). The number of aromatic hydroxyl groups is 2. The third-order valence-corrected chi connectivity index (χ3v) is 7.33. The number of fused-ring (bicyclic) bond motifs is 1. The smallest absolute Gasteiger partial charge is 0.389 e. The summed E-state index contributed by atoms with van der Waals surface area (Å²) in [5, 5.41) is 33.6. The van der Waals surface area contributed by atoms with E-state index in [9.17, 15) is 19.8 Å². The first-order chi connectivity index (χ1) is 22.4. The summed E-state index contributed by atoms with van der Waals surface area (Å²) in [6.07, 6.45) is -2.48. The Morgan fingerprint density at radius 1 is 0.848 bits per heavy atom. The molecule has 14 heteroatoms. The first-order valence-corrected chi connectivity index (χ1v) is 14.6. The highest BCUT2D eigenvalue weighted by atomic mass is 32.1. The van der Waals surface area contributed by atoms with Crippen LogP contribution in [-0.2, 0) is 19.2 Å². The standard InChI is InChI=1S/C32H24N6O7S/c33-32-34-23(18-46-32)27(30(41)45-38-24-14-8-7-13-22(24)35-37-38)36-44-29(21-15-16-25(39)26(40)17-21)31(42)43-28(19-9-3-1-4-10-19)20-11-5-2-6-12-20/h1-18,28-29,39-40H,(H2,33,34)/b36-27-. The monoisotopic (exact) mass is 636 g/mol. The van der Waals surface area contributed by atoms with Crippen LogP contribution in [0.5, 0.6) is 11.5 Å². The first-order valence-electron chi connectivity index (χ1n) is 13.7. The summed E-state index contributed by atoms with van der Waals surface area (Å²) in [7, 11) is 0. The quantitative estimate of drug-likeness (QED) is 0.0639. The van der Waals surface area contributed by atoms with E-state index in [1.807, 2.05) is 36.4 Å². The van der Waals surface area contributed by atoms with Crippen LogP contribution in [0.4, 0.5) is 5.13 Å². The average Bonchev–Trinajstić information content (AvgIpc) is 3.70. The van der Waals surface area contributed by atoms with Crippen molar-refractivity contribution in [2.24, 2.45) is 5.16 Å². The number of phenols is 2. The Morgan fingerprint density at radius 2 is 1.52 bits per heavy atom. The molecule has 0 fully saturated rings. The van der Waals surface area contributed by atoms with Crippen molar-refractivity contribution in [2.45, 2.75) is 12.2 Å². The Hall–Kier alpha value is -6.28. The zero-order valence-electron chi connectivity index (χ0n) is 23.7. The van der Waals surface area contributed by atoms with E-state index in [1.165, 1.54) is 17.5 Å². The minimum Gasteiger partial charge on any atom is -0.504 e. The molecular weight excluding hydrogens is 612 g/mol. The van der Waals surface area contributed by atoms with Crippen molar-refractivity contribution in [3.63, 3.8) is 0 Å².